The van der Waals surface area contributed by atoms with Crippen LogP contribution in [0.3, 0.4) is 0 Å². The number of non-ortho nitro benzene ring substituents is 1. The highest BCUT2D eigenvalue weighted by Gasteiger charge is 2.28. The lowest BCUT2D eigenvalue weighted by atomic mass is 10.1. The first-order chi connectivity index (χ1) is 12.9. The molecule has 0 N–H and O–H groups in total. The van der Waals surface area contributed by atoms with Gasteiger partial charge >= 0.3 is 5.97 Å². The van der Waals surface area contributed by atoms with Gasteiger partial charge in [-0.2, -0.15) is 0 Å². The molecule has 0 saturated carbocycles. The molecule has 0 bridgehead atoms. The van der Waals surface area contributed by atoms with Gasteiger partial charge in [0.15, 0.2) is 11.9 Å². The molecule has 0 saturated heterocycles. The van der Waals surface area contributed by atoms with Crippen LogP contribution in [0.1, 0.15) is 22.8 Å². The smallest absolute Gasteiger partial charge is 0.346 e. The van der Waals surface area contributed by atoms with E-state index in [0.717, 1.165) is 0 Å². The minimum atomic E-state index is -0.805. The molecule has 0 amide bonds. The topological polar surface area (TPSA) is 105 Å². The van der Waals surface area contributed by atoms with Crippen molar-refractivity contribution in [3.05, 3.63) is 69.5 Å². The highest BCUT2D eigenvalue weighted by atomic mass is 16.6. The molecule has 138 valence electrons. The number of fused-ring (bicyclic) bond motifs is 1. The minimum Gasteiger partial charge on any atom is -0.479 e. The number of hydrogen-bond acceptors (Lipinski definition) is 7. The standard InChI is InChI=1S/C19H15NO7/c1-11(19(22)25-2)26-14-7-8-15-16(10-14)27-17(18(15)21)9-12-3-5-13(6-4-12)20(23)24/h3-11H,1-2H3/b17-9+/t11-/m0/s1. The van der Waals surface area contributed by atoms with Gasteiger partial charge in [0.2, 0.25) is 5.78 Å². The molecule has 3 rings (SSSR count). The third-order valence-electron chi connectivity index (χ3n) is 3.89. The van der Waals surface area contributed by atoms with E-state index in [1.165, 1.54) is 43.5 Å². The van der Waals surface area contributed by atoms with Gasteiger partial charge in [0.05, 0.1) is 17.6 Å². The molecular formula is C19H15NO7. The molecule has 0 radical (unpaired) electrons. The van der Waals surface area contributed by atoms with Gasteiger partial charge in [0, 0.05) is 18.2 Å². The van der Waals surface area contributed by atoms with Gasteiger partial charge in [-0.05, 0) is 42.8 Å². The van der Waals surface area contributed by atoms with Crippen LogP contribution in [0.5, 0.6) is 11.5 Å². The molecule has 0 spiro atoms. The third kappa shape index (κ3) is 3.79. The Morgan fingerprint density at radius 1 is 1.22 bits per heavy atom. The summed E-state index contributed by atoms with van der Waals surface area (Å²) in [6, 6.07) is 10.4. The molecule has 8 heteroatoms. The maximum Gasteiger partial charge on any atom is 0.346 e. The van der Waals surface area contributed by atoms with Crippen LogP contribution in [-0.4, -0.2) is 29.9 Å². The van der Waals surface area contributed by atoms with Crippen LogP contribution < -0.4 is 9.47 Å². The fraction of sp³-hybridized carbons (Fsp3) is 0.158. The van der Waals surface area contributed by atoms with Crippen molar-refractivity contribution in [1.82, 2.24) is 0 Å². The summed E-state index contributed by atoms with van der Waals surface area (Å²) in [5.41, 5.74) is 0.911. The summed E-state index contributed by atoms with van der Waals surface area (Å²) in [7, 11) is 1.27. The monoisotopic (exact) mass is 369 g/mol. The lowest BCUT2D eigenvalue weighted by molar-refractivity contribution is -0.384. The molecule has 1 aliphatic heterocycles. The van der Waals surface area contributed by atoms with E-state index in [2.05, 4.69) is 4.74 Å². The number of esters is 1. The van der Waals surface area contributed by atoms with Crippen LogP contribution in [0.4, 0.5) is 5.69 Å². The SMILES string of the molecule is COC(=O)[C@H](C)Oc1ccc2c(c1)O/C(=C/c1ccc([N+](=O)[O-])cc1)C2=O. The first-order valence-electron chi connectivity index (χ1n) is 7.96. The van der Waals surface area contributed by atoms with Crippen LogP contribution in [-0.2, 0) is 9.53 Å². The number of ether oxygens (including phenoxy) is 3. The Kier molecular flexibility index (Phi) is 4.89. The van der Waals surface area contributed by atoms with Crippen LogP contribution in [0.2, 0.25) is 0 Å². The zero-order valence-electron chi connectivity index (χ0n) is 14.5. The van der Waals surface area contributed by atoms with Crippen molar-refractivity contribution in [2.45, 2.75) is 13.0 Å². The largest absolute Gasteiger partial charge is 0.479 e. The highest BCUT2D eigenvalue weighted by Crippen LogP contribution is 2.35. The van der Waals surface area contributed by atoms with E-state index in [1.54, 1.807) is 19.1 Å². The predicted octanol–water partition coefficient (Wildman–Crippen LogP) is 3.15. The molecule has 0 fully saturated rings. The quantitative estimate of drug-likeness (QED) is 0.345. The third-order valence-corrected chi connectivity index (χ3v) is 3.89. The fourth-order valence-electron chi connectivity index (χ4n) is 2.50. The van der Waals surface area contributed by atoms with Gasteiger partial charge in [0.1, 0.15) is 11.5 Å². The number of nitro benzene ring substituents is 1. The number of carbonyl (C=O) groups excluding carboxylic acids is 2. The molecule has 2 aromatic rings. The molecule has 1 aliphatic rings. The number of benzene rings is 2. The van der Waals surface area contributed by atoms with E-state index in [1.807, 2.05) is 0 Å². The van der Waals surface area contributed by atoms with E-state index < -0.39 is 17.0 Å². The number of rotatable bonds is 5. The molecule has 8 nitrogen and oxygen atoms in total. The van der Waals surface area contributed by atoms with Crippen LogP contribution in [0, 0.1) is 10.1 Å². The molecular weight excluding hydrogens is 354 g/mol. The Hall–Kier alpha value is -3.68. The maximum atomic E-state index is 12.4. The van der Waals surface area contributed by atoms with E-state index in [9.17, 15) is 19.7 Å². The Bertz CT molecular complexity index is 947. The number of ketones is 1. The molecule has 1 atom stereocenters. The number of carbonyl (C=O) groups is 2. The lowest BCUT2D eigenvalue weighted by Gasteiger charge is -2.12. The van der Waals surface area contributed by atoms with Crippen LogP contribution in [0.15, 0.2) is 48.2 Å². The predicted molar refractivity (Wildman–Crippen MR) is 94.6 cm³/mol. The van der Waals surface area contributed by atoms with Gasteiger partial charge in [0.25, 0.3) is 5.69 Å². The summed E-state index contributed by atoms with van der Waals surface area (Å²) in [6.45, 7) is 1.55. The van der Waals surface area contributed by atoms with Crippen molar-refractivity contribution in [3.63, 3.8) is 0 Å². The van der Waals surface area contributed by atoms with Gasteiger partial charge in [-0.1, -0.05) is 0 Å². The van der Waals surface area contributed by atoms with Gasteiger partial charge in [-0.25, -0.2) is 4.79 Å². The fourth-order valence-corrected chi connectivity index (χ4v) is 2.50. The van der Waals surface area contributed by atoms with E-state index in [4.69, 9.17) is 9.47 Å². The van der Waals surface area contributed by atoms with Gasteiger partial charge < -0.3 is 14.2 Å². The van der Waals surface area contributed by atoms with Crippen LogP contribution >= 0.6 is 0 Å². The molecule has 0 aliphatic carbocycles. The second kappa shape index (κ2) is 7.28. The Morgan fingerprint density at radius 3 is 2.56 bits per heavy atom. The normalized spacial score (nSPS) is 15.0. The second-order valence-corrected chi connectivity index (χ2v) is 5.73. The minimum absolute atomic E-state index is 0.0411. The number of nitrogens with zero attached hydrogens (tertiary/aromatic N) is 1. The summed E-state index contributed by atoms with van der Waals surface area (Å²) in [4.78, 5) is 34.1. The summed E-state index contributed by atoms with van der Waals surface area (Å²) in [5.74, 6) is -0.0713. The van der Waals surface area contributed by atoms with E-state index >= 15 is 0 Å². The van der Waals surface area contributed by atoms with Gasteiger partial charge in [-0.3, -0.25) is 14.9 Å². The number of Topliss-reactive ketones (excluding diaryl/α,β-unsaturated/α-hetero) is 1. The summed E-state index contributed by atoms with van der Waals surface area (Å²) in [5, 5.41) is 10.7. The molecule has 0 unspecified atom stereocenters. The number of hydrogen-bond donors (Lipinski definition) is 0. The number of methoxy groups -OCH3 is 1. The second-order valence-electron chi connectivity index (χ2n) is 5.73. The van der Waals surface area contributed by atoms with E-state index in [-0.39, 0.29) is 17.2 Å². The summed E-state index contributed by atoms with van der Waals surface area (Å²) >= 11 is 0. The van der Waals surface area contributed by atoms with Crippen molar-refractivity contribution in [2.75, 3.05) is 7.11 Å². The first kappa shape index (κ1) is 18.1. The Balaban J connectivity index is 1.80. The number of nitro groups is 1. The van der Waals surface area contributed by atoms with Crippen molar-refractivity contribution >= 4 is 23.5 Å². The van der Waals surface area contributed by atoms with Crippen molar-refractivity contribution < 1.29 is 28.7 Å². The zero-order chi connectivity index (χ0) is 19.6. The average Bonchev–Trinajstić information content (AvgIpc) is 2.96. The maximum absolute atomic E-state index is 12.4. The van der Waals surface area contributed by atoms with Gasteiger partial charge in [-0.15, -0.1) is 0 Å². The summed E-state index contributed by atoms with van der Waals surface area (Å²) < 4.78 is 15.7. The Labute approximate surface area is 154 Å². The van der Waals surface area contributed by atoms with Crippen molar-refractivity contribution in [2.24, 2.45) is 0 Å². The molecule has 27 heavy (non-hydrogen) atoms. The highest BCUT2D eigenvalue weighted by molar-refractivity contribution is 6.14. The number of allylic oxidation sites excluding steroid dienone is 1. The van der Waals surface area contributed by atoms with Crippen LogP contribution in [0.25, 0.3) is 6.08 Å². The summed E-state index contributed by atoms with van der Waals surface area (Å²) in [6.07, 6.45) is 0.698. The Morgan fingerprint density at radius 2 is 1.93 bits per heavy atom. The van der Waals surface area contributed by atoms with Crippen molar-refractivity contribution in [1.29, 1.82) is 0 Å². The first-order valence-corrected chi connectivity index (χ1v) is 7.96. The average molecular weight is 369 g/mol. The molecule has 2 aromatic carbocycles. The van der Waals surface area contributed by atoms with Crippen molar-refractivity contribution in [3.8, 4) is 11.5 Å². The zero-order valence-corrected chi connectivity index (χ0v) is 14.5. The lowest BCUT2D eigenvalue weighted by Crippen LogP contribution is -2.24. The van der Waals surface area contributed by atoms with E-state index in [0.29, 0.717) is 22.6 Å². The molecule has 0 aromatic heterocycles. The molecule has 1 heterocycles.